The number of hydrogen-bond donors (Lipinski definition) is 1. The molecule has 1 aromatic heterocycles. The van der Waals surface area contributed by atoms with Crippen LogP contribution >= 0.6 is 0 Å². The number of unbranched alkanes of at least 4 members (excludes halogenated alkanes) is 1. The number of hydrogen-bond acceptors (Lipinski definition) is 3. The first-order valence-corrected chi connectivity index (χ1v) is 6.70. The predicted octanol–water partition coefficient (Wildman–Crippen LogP) is 2.11. The van der Waals surface area contributed by atoms with Gasteiger partial charge in [-0.1, -0.05) is 6.58 Å². The standard InChI is InChI=1S/C15H22N2O2/c1-2-15(18)17-9-3-4-12-19-13-5-6-14-7-10-16-11-8-14/h2,7-8,10-11H,1,3-6,9,12-13H2,(H,17,18). The van der Waals surface area contributed by atoms with Crippen molar-refractivity contribution < 1.29 is 9.53 Å². The van der Waals surface area contributed by atoms with Gasteiger partial charge in [-0.05, 0) is 49.5 Å². The molecule has 0 aliphatic rings. The molecule has 1 heterocycles. The summed E-state index contributed by atoms with van der Waals surface area (Å²) < 4.78 is 5.54. The predicted molar refractivity (Wildman–Crippen MR) is 75.8 cm³/mol. The molecule has 0 saturated heterocycles. The summed E-state index contributed by atoms with van der Waals surface area (Å²) >= 11 is 0. The highest BCUT2D eigenvalue weighted by Crippen LogP contribution is 2.01. The number of aromatic nitrogens is 1. The number of carbonyl (C=O) groups is 1. The van der Waals surface area contributed by atoms with Crippen LogP contribution in [0.1, 0.15) is 24.8 Å². The van der Waals surface area contributed by atoms with E-state index in [9.17, 15) is 4.79 Å². The third-order valence-corrected chi connectivity index (χ3v) is 2.70. The lowest BCUT2D eigenvalue weighted by atomic mass is 10.1. The molecule has 1 aromatic rings. The van der Waals surface area contributed by atoms with Crippen molar-refractivity contribution in [3.8, 4) is 0 Å². The molecule has 1 amide bonds. The highest BCUT2D eigenvalue weighted by molar-refractivity contribution is 5.86. The number of nitrogens with one attached hydrogen (secondary N) is 1. The van der Waals surface area contributed by atoms with E-state index in [2.05, 4.69) is 16.9 Å². The van der Waals surface area contributed by atoms with Crippen LogP contribution < -0.4 is 5.32 Å². The Morgan fingerprint density at radius 1 is 1.26 bits per heavy atom. The summed E-state index contributed by atoms with van der Waals surface area (Å²) in [7, 11) is 0. The van der Waals surface area contributed by atoms with Crippen molar-refractivity contribution in [3.63, 3.8) is 0 Å². The quantitative estimate of drug-likeness (QED) is 0.519. The van der Waals surface area contributed by atoms with Gasteiger partial charge in [-0.3, -0.25) is 9.78 Å². The van der Waals surface area contributed by atoms with Crippen LogP contribution in [0.4, 0.5) is 0 Å². The average Bonchev–Trinajstić information content (AvgIpc) is 2.46. The number of nitrogens with zero attached hydrogens (tertiary/aromatic N) is 1. The van der Waals surface area contributed by atoms with E-state index in [1.165, 1.54) is 11.6 Å². The summed E-state index contributed by atoms with van der Waals surface area (Å²) in [6.07, 6.45) is 8.86. The largest absolute Gasteiger partial charge is 0.381 e. The number of carbonyl (C=O) groups excluding carboxylic acids is 1. The van der Waals surface area contributed by atoms with Crippen LogP contribution in [0.5, 0.6) is 0 Å². The lowest BCUT2D eigenvalue weighted by Crippen LogP contribution is -2.22. The second-order valence-electron chi connectivity index (χ2n) is 4.27. The first-order valence-electron chi connectivity index (χ1n) is 6.70. The first-order chi connectivity index (χ1) is 9.33. The zero-order chi connectivity index (χ0) is 13.8. The molecule has 19 heavy (non-hydrogen) atoms. The molecule has 0 atom stereocenters. The van der Waals surface area contributed by atoms with Crippen molar-refractivity contribution in [3.05, 3.63) is 42.7 Å². The Hall–Kier alpha value is -1.68. The van der Waals surface area contributed by atoms with Gasteiger partial charge in [0.2, 0.25) is 5.91 Å². The highest BCUT2D eigenvalue weighted by Gasteiger charge is 1.95. The van der Waals surface area contributed by atoms with E-state index in [1.807, 2.05) is 24.5 Å². The Morgan fingerprint density at radius 2 is 2.00 bits per heavy atom. The third kappa shape index (κ3) is 8.11. The minimum absolute atomic E-state index is 0.113. The van der Waals surface area contributed by atoms with Gasteiger partial charge in [0.1, 0.15) is 0 Å². The number of ether oxygens (including phenoxy) is 1. The van der Waals surface area contributed by atoms with E-state index in [4.69, 9.17) is 4.74 Å². The van der Waals surface area contributed by atoms with Gasteiger partial charge in [-0.15, -0.1) is 0 Å². The molecule has 0 aliphatic carbocycles. The van der Waals surface area contributed by atoms with E-state index >= 15 is 0 Å². The highest BCUT2D eigenvalue weighted by atomic mass is 16.5. The molecule has 1 rings (SSSR count). The van der Waals surface area contributed by atoms with Crippen LogP contribution in [0, 0.1) is 0 Å². The zero-order valence-corrected chi connectivity index (χ0v) is 11.3. The van der Waals surface area contributed by atoms with Crippen molar-refractivity contribution in [1.29, 1.82) is 0 Å². The SMILES string of the molecule is C=CC(=O)NCCCCOCCCc1ccncc1. The van der Waals surface area contributed by atoms with E-state index in [-0.39, 0.29) is 5.91 Å². The minimum atomic E-state index is -0.113. The Labute approximate surface area is 114 Å². The Bertz CT molecular complexity index is 366. The number of pyridine rings is 1. The smallest absolute Gasteiger partial charge is 0.243 e. The summed E-state index contributed by atoms with van der Waals surface area (Å²) in [6.45, 7) is 5.61. The van der Waals surface area contributed by atoms with Crippen LogP contribution in [0.2, 0.25) is 0 Å². The fourth-order valence-corrected chi connectivity index (χ4v) is 1.64. The summed E-state index contributed by atoms with van der Waals surface area (Å²) in [4.78, 5) is 14.8. The van der Waals surface area contributed by atoms with Crippen molar-refractivity contribution in [2.75, 3.05) is 19.8 Å². The minimum Gasteiger partial charge on any atom is -0.381 e. The molecular formula is C15H22N2O2. The van der Waals surface area contributed by atoms with Crippen LogP contribution in [0.15, 0.2) is 37.2 Å². The fraction of sp³-hybridized carbons (Fsp3) is 0.467. The van der Waals surface area contributed by atoms with Gasteiger partial charge in [0, 0.05) is 32.2 Å². The molecule has 0 unspecified atom stereocenters. The van der Waals surface area contributed by atoms with Gasteiger partial charge in [-0.25, -0.2) is 0 Å². The maximum atomic E-state index is 10.9. The van der Waals surface area contributed by atoms with Crippen LogP contribution in [0.25, 0.3) is 0 Å². The maximum Gasteiger partial charge on any atom is 0.243 e. The molecule has 0 bridgehead atoms. The zero-order valence-electron chi connectivity index (χ0n) is 11.3. The number of rotatable bonds is 10. The molecule has 0 aromatic carbocycles. The molecule has 4 heteroatoms. The monoisotopic (exact) mass is 262 g/mol. The molecule has 0 spiro atoms. The van der Waals surface area contributed by atoms with Crippen molar-refractivity contribution in [2.45, 2.75) is 25.7 Å². The van der Waals surface area contributed by atoms with Crippen LogP contribution in [-0.4, -0.2) is 30.6 Å². The summed E-state index contributed by atoms with van der Waals surface area (Å²) in [5.74, 6) is -0.113. The molecule has 0 fully saturated rings. The van der Waals surface area contributed by atoms with E-state index in [0.717, 1.165) is 38.9 Å². The fourth-order valence-electron chi connectivity index (χ4n) is 1.64. The normalized spacial score (nSPS) is 10.1. The van der Waals surface area contributed by atoms with Crippen molar-refractivity contribution >= 4 is 5.91 Å². The summed E-state index contributed by atoms with van der Waals surface area (Å²) in [5, 5.41) is 2.74. The van der Waals surface area contributed by atoms with Gasteiger partial charge in [0.25, 0.3) is 0 Å². The molecule has 1 N–H and O–H groups in total. The molecule has 4 nitrogen and oxygen atoms in total. The van der Waals surface area contributed by atoms with Gasteiger partial charge in [0.05, 0.1) is 0 Å². The van der Waals surface area contributed by atoms with Crippen LogP contribution in [-0.2, 0) is 16.0 Å². The molecule has 104 valence electrons. The second-order valence-corrected chi connectivity index (χ2v) is 4.27. The molecule has 0 saturated carbocycles. The molecule has 0 radical (unpaired) electrons. The van der Waals surface area contributed by atoms with Gasteiger partial charge in [-0.2, -0.15) is 0 Å². The molecule has 0 aliphatic heterocycles. The van der Waals surface area contributed by atoms with E-state index in [1.54, 1.807) is 0 Å². The van der Waals surface area contributed by atoms with Crippen molar-refractivity contribution in [1.82, 2.24) is 10.3 Å². The Kier molecular flexibility index (Phi) is 8.31. The van der Waals surface area contributed by atoms with E-state index in [0.29, 0.717) is 6.54 Å². The average molecular weight is 262 g/mol. The maximum absolute atomic E-state index is 10.9. The third-order valence-electron chi connectivity index (χ3n) is 2.70. The van der Waals surface area contributed by atoms with Crippen molar-refractivity contribution in [2.24, 2.45) is 0 Å². The summed E-state index contributed by atoms with van der Waals surface area (Å²) in [6, 6.07) is 4.06. The second kappa shape index (κ2) is 10.3. The van der Waals surface area contributed by atoms with E-state index < -0.39 is 0 Å². The van der Waals surface area contributed by atoms with Gasteiger partial charge >= 0.3 is 0 Å². The lowest BCUT2D eigenvalue weighted by molar-refractivity contribution is -0.116. The Balaban J connectivity index is 1.86. The van der Waals surface area contributed by atoms with Crippen LogP contribution in [0.3, 0.4) is 0 Å². The number of aryl methyl sites for hydroxylation is 1. The van der Waals surface area contributed by atoms with Gasteiger partial charge in [0.15, 0.2) is 0 Å². The lowest BCUT2D eigenvalue weighted by Gasteiger charge is -2.05. The first kappa shape index (κ1) is 15.4. The topological polar surface area (TPSA) is 51.2 Å². The molecular weight excluding hydrogens is 240 g/mol. The number of amides is 1. The summed E-state index contributed by atoms with van der Waals surface area (Å²) in [5.41, 5.74) is 1.30. The van der Waals surface area contributed by atoms with Gasteiger partial charge < -0.3 is 10.1 Å². The Morgan fingerprint density at radius 3 is 2.74 bits per heavy atom.